The molecule has 0 aliphatic heterocycles. The topological polar surface area (TPSA) is 80.9 Å². The molecule has 0 aliphatic carbocycles. The number of hydrogen-bond donors (Lipinski definition) is 2. The second-order valence-electron chi connectivity index (χ2n) is 3.69. The number of aromatic amines is 1. The van der Waals surface area contributed by atoms with Crippen molar-refractivity contribution in [1.29, 1.82) is 0 Å². The Morgan fingerprint density at radius 3 is 2.82 bits per heavy atom. The Morgan fingerprint density at radius 1 is 1.35 bits per heavy atom. The Kier molecular flexibility index (Phi) is 3.31. The number of nitrogens with one attached hydrogen (secondary N) is 1. The van der Waals surface area contributed by atoms with Crippen LogP contribution in [-0.2, 0) is 6.54 Å². The number of H-pyrrole nitrogens is 1. The Hall–Kier alpha value is -1.59. The van der Waals surface area contributed by atoms with Crippen LogP contribution in [0.4, 0.5) is 0 Å². The quantitative estimate of drug-likeness (QED) is 0.845. The molecule has 90 valence electrons. The van der Waals surface area contributed by atoms with E-state index in [-0.39, 0.29) is 5.56 Å². The van der Waals surface area contributed by atoms with Gasteiger partial charge >= 0.3 is 5.69 Å². The molecule has 6 heteroatoms. The predicted octanol–water partition coefficient (Wildman–Crippen LogP) is 0.692. The predicted molar refractivity (Wildman–Crippen MR) is 67.5 cm³/mol. The summed E-state index contributed by atoms with van der Waals surface area (Å²) in [5.74, 6) is 0. The first-order valence-electron chi connectivity index (χ1n) is 5.26. The van der Waals surface area contributed by atoms with Gasteiger partial charge in [-0.15, -0.1) is 0 Å². The Balaban J connectivity index is 2.73. The molecule has 5 nitrogen and oxygen atoms in total. The van der Waals surface area contributed by atoms with Crippen molar-refractivity contribution in [3.8, 4) is 0 Å². The van der Waals surface area contributed by atoms with Gasteiger partial charge in [0.2, 0.25) is 0 Å². The standard InChI is InChI=1S/C11H12ClN3O2/c12-8-4-1-3-7-9(8)14-11(17)15(10(7)16)6-2-5-13/h1,3-4H,2,5-6,13H2,(H,14,17). The zero-order chi connectivity index (χ0) is 12.4. The molecule has 0 unspecified atom stereocenters. The van der Waals surface area contributed by atoms with Crippen molar-refractivity contribution in [1.82, 2.24) is 9.55 Å². The zero-order valence-corrected chi connectivity index (χ0v) is 9.83. The van der Waals surface area contributed by atoms with Gasteiger partial charge in [0, 0.05) is 6.54 Å². The Labute approximate surface area is 102 Å². The van der Waals surface area contributed by atoms with Gasteiger partial charge in [-0.05, 0) is 25.1 Å². The summed E-state index contributed by atoms with van der Waals surface area (Å²) in [7, 11) is 0. The van der Waals surface area contributed by atoms with Gasteiger partial charge in [0.1, 0.15) is 0 Å². The number of nitrogens with zero attached hydrogens (tertiary/aromatic N) is 1. The fourth-order valence-electron chi connectivity index (χ4n) is 1.69. The van der Waals surface area contributed by atoms with Crippen molar-refractivity contribution in [2.45, 2.75) is 13.0 Å². The van der Waals surface area contributed by atoms with Gasteiger partial charge in [0.05, 0.1) is 15.9 Å². The number of aromatic nitrogens is 2. The summed E-state index contributed by atoms with van der Waals surface area (Å²) in [5.41, 5.74) is 4.96. The summed E-state index contributed by atoms with van der Waals surface area (Å²) in [4.78, 5) is 26.4. The molecule has 0 amide bonds. The summed E-state index contributed by atoms with van der Waals surface area (Å²) in [6.45, 7) is 0.743. The van der Waals surface area contributed by atoms with Gasteiger partial charge in [-0.3, -0.25) is 9.36 Å². The summed E-state index contributed by atoms with van der Waals surface area (Å²) >= 11 is 5.92. The molecule has 0 saturated carbocycles. The second-order valence-corrected chi connectivity index (χ2v) is 4.10. The number of rotatable bonds is 3. The highest BCUT2D eigenvalue weighted by Gasteiger charge is 2.08. The number of benzene rings is 1. The number of hydrogen-bond acceptors (Lipinski definition) is 3. The van der Waals surface area contributed by atoms with Crippen LogP contribution >= 0.6 is 11.6 Å². The van der Waals surface area contributed by atoms with E-state index in [1.54, 1.807) is 18.2 Å². The second kappa shape index (κ2) is 4.73. The Morgan fingerprint density at radius 2 is 2.12 bits per heavy atom. The minimum absolute atomic E-state index is 0.313. The van der Waals surface area contributed by atoms with Crippen LogP contribution < -0.4 is 17.0 Å². The summed E-state index contributed by atoms with van der Waals surface area (Å²) < 4.78 is 1.14. The maximum Gasteiger partial charge on any atom is 0.328 e. The van der Waals surface area contributed by atoms with E-state index in [1.165, 1.54) is 0 Å². The molecule has 0 radical (unpaired) electrons. The van der Waals surface area contributed by atoms with E-state index in [0.717, 1.165) is 4.57 Å². The number of nitrogens with two attached hydrogens (primary N) is 1. The van der Waals surface area contributed by atoms with Gasteiger partial charge in [0.25, 0.3) is 5.56 Å². The van der Waals surface area contributed by atoms with E-state index < -0.39 is 5.69 Å². The van der Waals surface area contributed by atoms with Gasteiger partial charge in [0.15, 0.2) is 0 Å². The molecule has 2 aromatic rings. The highest BCUT2D eigenvalue weighted by molar-refractivity contribution is 6.34. The molecule has 0 spiro atoms. The third-order valence-corrected chi connectivity index (χ3v) is 2.87. The molecule has 0 bridgehead atoms. The van der Waals surface area contributed by atoms with Crippen LogP contribution in [-0.4, -0.2) is 16.1 Å². The van der Waals surface area contributed by atoms with Crippen molar-refractivity contribution >= 4 is 22.5 Å². The van der Waals surface area contributed by atoms with Crippen molar-refractivity contribution in [3.05, 3.63) is 44.1 Å². The average molecular weight is 254 g/mol. The molecule has 3 N–H and O–H groups in total. The SMILES string of the molecule is NCCCn1c(=O)[nH]c2c(Cl)cccc2c1=O. The highest BCUT2D eigenvalue weighted by Crippen LogP contribution is 2.16. The van der Waals surface area contributed by atoms with E-state index in [1.807, 2.05) is 0 Å². The van der Waals surface area contributed by atoms with Gasteiger partial charge in [-0.2, -0.15) is 0 Å². The fraction of sp³-hybridized carbons (Fsp3) is 0.273. The minimum atomic E-state index is -0.455. The summed E-state index contributed by atoms with van der Waals surface area (Å²) in [5, 5.41) is 0.775. The lowest BCUT2D eigenvalue weighted by atomic mass is 10.2. The molecule has 0 fully saturated rings. The Bertz CT molecular complexity index is 660. The van der Waals surface area contributed by atoms with E-state index in [4.69, 9.17) is 17.3 Å². The van der Waals surface area contributed by atoms with Crippen LogP contribution in [0, 0.1) is 0 Å². The van der Waals surface area contributed by atoms with Crippen LogP contribution in [0.5, 0.6) is 0 Å². The van der Waals surface area contributed by atoms with Crippen LogP contribution in [0.25, 0.3) is 10.9 Å². The van der Waals surface area contributed by atoms with Gasteiger partial charge in [-0.25, -0.2) is 4.79 Å². The van der Waals surface area contributed by atoms with Crippen LogP contribution in [0.3, 0.4) is 0 Å². The molecule has 1 heterocycles. The van der Waals surface area contributed by atoms with Crippen LogP contribution in [0.2, 0.25) is 5.02 Å². The van der Waals surface area contributed by atoms with E-state index in [2.05, 4.69) is 4.98 Å². The molecule has 2 rings (SSSR count). The molecular formula is C11H12ClN3O2. The first-order valence-corrected chi connectivity index (χ1v) is 5.64. The first kappa shape index (κ1) is 11.9. The number of halogens is 1. The molecule has 0 saturated heterocycles. The zero-order valence-electron chi connectivity index (χ0n) is 9.07. The van der Waals surface area contributed by atoms with Crippen molar-refractivity contribution in [2.24, 2.45) is 5.73 Å². The third kappa shape index (κ3) is 2.11. The maximum absolute atomic E-state index is 12.1. The molecular weight excluding hydrogens is 242 g/mol. The smallest absolute Gasteiger partial charge is 0.328 e. The maximum atomic E-state index is 12.1. The molecule has 0 atom stereocenters. The lowest BCUT2D eigenvalue weighted by molar-refractivity contribution is 0.603. The van der Waals surface area contributed by atoms with Crippen molar-refractivity contribution < 1.29 is 0 Å². The minimum Gasteiger partial charge on any atom is -0.330 e. The van der Waals surface area contributed by atoms with E-state index >= 15 is 0 Å². The normalized spacial score (nSPS) is 10.9. The van der Waals surface area contributed by atoms with Crippen molar-refractivity contribution in [3.63, 3.8) is 0 Å². The van der Waals surface area contributed by atoms with Crippen LogP contribution in [0.1, 0.15) is 6.42 Å². The van der Waals surface area contributed by atoms with Crippen LogP contribution in [0.15, 0.2) is 27.8 Å². The first-order chi connectivity index (χ1) is 8.15. The van der Waals surface area contributed by atoms with Gasteiger partial charge < -0.3 is 10.7 Å². The monoisotopic (exact) mass is 253 g/mol. The third-order valence-electron chi connectivity index (χ3n) is 2.55. The average Bonchev–Trinajstić information content (AvgIpc) is 2.31. The lowest BCUT2D eigenvalue weighted by Crippen LogP contribution is -2.35. The molecule has 1 aromatic carbocycles. The number of fused-ring (bicyclic) bond motifs is 1. The van der Waals surface area contributed by atoms with Gasteiger partial charge in [-0.1, -0.05) is 17.7 Å². The van der Waals surface area contributed by atoms with E-state index in [9.17, 15) is 9.59 Å². The number of para-hydroxylation sites is 1. The summed E-state index contributed by atoms with van der Waals surface area (Å²) in [6.07, 6.45) is 0.578. The highest BCUT2D eigenvalue weighted by atomic mass is 35.5. The largest absolute Gasteiger partial charge is 0.330 e. The molecule has 0 aliphatic rings. The fourth-order valence-corrected chi connectivity index (χ4v) is 1.92. The van der Waals surface area contributed by atoms with E-state index in [0.29, 0.717) is 35.4 Å². The lowest BCUT2D eigenvalue weighted by Gasteiger charge is -2.06. The molecule has 17 heavy (non-hydrogen) atoms. The summed E-state index contributed by atoms with van der Waals surface area (Å²) in [6, 6.07) is 4.94. The molecule has 1 aromatic heterocycles. The van der Waals surface area contributed by atoms with Crippen molar-refractivity contribution in [2.75, 3.05) is 6.54 Å².